The number of hydrogen-bond acceptors (Lipinski definition) is 19. The first-order valence-electron chi connectivity index (χ1n) is 20.0. The van der Waals surface area contributed by atoms with Gasteiger partial charge in [-0.15, -0.1) is 0 Å². The van der Waals surface area contributed by atoms with Crippen LogP contribution in [0.1, 0.15) is 25.7 Å². The van der Waals surface area contributed by atoms with E-state index < -0.39 is 0 Å². The lowest BCUT2D eigenvalue weighted by atomic mass is 10.3. The molecule has 0 unspecified atom stereocenters. The predicted octanol–water partition coefficient (Wildman–Crippen LogP) is 2.60. The summed E-state index contributed by atoms with van der Waals surface area (Å²) in [5.41, 5.74) is 15.7. The molecule has 0 radical (unpaired) electrons. The molecule has 59 heavy (non-hydrogen) atoms. The van der Waals surface area contributed by atoms with Crippen LogP contribution in [0.5, 0.6) is 0 Å². The van der Waals surface area contributed by atoms with Gasteiger partial charge in [0.2, 0.25) is 23.1 Å². The molecule has 11 rings (SSSR count). The quantitative estimate of drug-likeness (QED) is 0.199. The smallest absolute Gasteiger partial charge is 0.232 e. The highest BCUT2D eigenvalue weighted by molar-refractivity contribution is 6.29. The Morgan fingerprint density at radius 2 is 1.05 bits per heavy atom. The minimum absolute atomic E-state index is 0.211. The molecule has 0 amide bonds. The van der Waals surface area contributed by atoms with Crippen molar-refractivity contribution in [3.63, 3.8) is 0 Å². The Morgan fingerprint density at radius 1 is 0.576 bits per heavy atom. The van der Waals surface area contributed by atoms with Gasteiger partial charge >= 0.3 is 0 Å². The summed E-state index contributed by atoms with van der Waals surface area (Å²) in [6.45, 7) is 8.64. The number of anilines is 5. The molecule has 2 aliphatic carbocycles. The molecule has 3 aliphatic heterocycles. The van der Waals surface area contributed by atoms with E-state index in [9.17, 15) is 0 Å². The highest BCUT2D eigenvalue weighted by atomic mass is 35.5. The zero-order valence-electron chi connectivity index (χ0n) is 32.4. The van der Waals surface area contributed by atoms with Crippen molar-refractivity contribution in [2.24, 2.45) is 11.8 Å². The second-order valence-corrected chi connectivity index (χ2v) is 15.4. The second kappa shape index (κ2) is 16.2. The summed E-state index contributed by atoms with van der Waals surface area (Å²) >= 11 is 6.47. The van der Waals surface area contributed by atoms with Crippen LogP contribution in [0.15, 0.2) is 24.8 Å². The van der Waals surface area contributed by atoms with E-state index >= 15 is 0 Å². The van der Waals surface area contributed by atoms with Gasteiger partial charge in [0.1, 0.15) is 0 Å². The maximum Gasteiger partial charge on any atom is 0.232 e. The number of nitrogen functional groups attached to an aromatic ring is 2. The number of hydroxylamine groups is 1. The van der Waals surface area contributed by atoms with E-state index in [4.69, 9.17) is 67.0 Å². The van der Waals surface area contributed by atoms with Gasteiger partial charge in [-0.25, -0.2) is 59.7 Å². The number of nitrogens with two attached hydrogens (primary N) is 2. The van der Waals surface area contributed by atoms with Crippen LogP contribution >= 0.6 is 11.6 Å². The molecule has 2 saturated carbocycles. The molecule has 5 aliphatic rings. The minimum atomic E-state index is 0.211. The number of halogens is 1. The summed E-state index contributed by atoms with van der Waals surface area (Å²) in [4.78, 5) is 55.5. The number of nitrogens with zero attached hydrogens (tertiary/aromatic N) is 15. The van der Waals surface area contributed by atoms with E-state index in [0.29, 0.717) is 79.5 Å². The van der Waals surface area contributed by atoms with Crippen molar-refractivity contribution < 1.29 is 19.0 Å². The average molecular weight is 826 g/mol. The monoisotopic (exact) mass is 825 g/mol. The lowest BCUT2D eigenvalue weighted by Crippen LogP contribution is -2.37. The molecule has 21 nitrogen and oxygen atoms in total. The van der Waals surface area contributed by atoms with Gasteiger partial charge in [-0.1, -0.05) is 0 Å². The maximum atomic E-state index is 6.47. The van der Waals surface area contributed by atoms with Crippen molar-refractivity contribution >= 4 is 63.4 Å². The predicted molar refractivity (Wildman–Crippen MR) is 217 cm³/mol. The van der Waals surface area contributed by atoms with Crippen molar-refractivity contribution in [2.45, 2.75) is 38.8 Å². The van der Waals surface area contributed by atoms with Crippen LogP contribution in [-0.2, 0) is 32.1 Å². The number of hydrogen-bond donors (Lipinski definition) is 2. The molecule has 308 valence electrons. The molecule has 6 aromatic rings. The Morgan fingerprint density at radius 3 is 1.54 bits per heavy atom. The van der Waals surface area contributed by atoms with Gasteiger partial charge in [-0.05, 0) is 49.1 Å². The molecule has 0 spiro atoms. The van der Waals surface area contributed by atoms with Gasteiger partial charge in [0.05, 0.1) is 50.7 Å². The third kappa shape index (κ3) is 8.07. The van der Waals surface area contributed by atoms with E-state index in [2.05, 4.69) is 39.3 Å². The lowest BCUT2D eigenvalue weighted by molar-refractivity contribution is -0.104. The van der Waals surface area contributed by atoms with Crippen molar-refractivity contribution in [2.75, 3.05) is 98.9 Å². The molecule has 9 heterocycles. The molecule has 4 N–H and O–H groups in total. The van der Waals surface area contributed by atoms with Gasteiger partial charge < -0.3 is 35.5 Å². The number of morpholine rings is 2. The highest BCUT2D eigenvalue weighted by Crippen LogP contribution is 2.38. The molecule has 0 bridgehead atoms. The fourth-order valence-electron chi connectivity index (χ4n) is 7.26. The Labute approximate surface area is 343 Å². The number of imidazole rings is 2. The van der Waals surface area contributed by atoms with Gasteiger partial charge in [0.15, 0.2) is 52.4 Å². The summed E-state index contributed by atoms with van der Waals surface area (Å²) < 4.78 is 20.5. The van der Waals surface area contributed by atoms with Crippen molar-refractivity contribution in [3.8, 4) is 22.8 Å². The number of fused-ring (bicyclic) bond motifs is 2. The van der Waals surface area contributed by atoms with Crippen molar-refractivity contribution in [3.05, 3.63) is 30.1 Å². The highest BCUT2D eigenvalue weighted by Gasteiger charge is 2.31. The Hall–Kier alpha value is -5.61. The third-order valence-electron chi connectivity index (χ3n) is 10.8. The SMILES string of the molecule is Nc1ncc(-c2nc(N3CCOCC3)c3nc(Cl)n(CC4CC4)c3n2)cn1.Nc1ncc(-c2nc(N3CCOCC3)c3nc(N4CCOCO4)n(CC4CC4)c3n2)cn1. The summed E-state index contributed by atoms with van der Waals surface area (Å²) in [6.07, 6.45) is 11.4. The largest absolute Gasteiger partial charge is 0.378 e. The zero-order valence-corrected chi connectivity index (χ0v) is 33.1. The Balaban J connectivity index is 0.000000145. The summed E-state index contributed by atoms with van der Waals surface area (Å²) in [5, 5.41) is 2.26. The molecule has 22 heteroatoms. The molecular weight excluding hydrogens is 782 g/mol. The Bertz CT molecular complexity index is 2420. The van der Waals surface area contributed by atoms with Gasteiger partial charge in [0.25, 0.3) is 0 Å². The van der Waals surface area contributed by atoms with Crippen LogP contribution in [-0.4, -0.2) is 132 Å². The van der Waals surface area contributed by atoms with Crippen LogP contribution in [0.25, 0.3) is 45.1 Å². The maximum absolute atomic E-state index is 6.47. The molecule has 6 aromatic heterocycles. The number of rotatable bonds is 9. The zero-order chi connectivity index (χ0) is 39.9. The topological polar surface area (TPSA) is 237 Å². The minimum Gasteiger partial charge on any atom is -0.378 e. The molecule has 0 atom stereocenters. The first kappa shape index (κ1) is 37.6. The van der Waals surface area contributed by atoms with Crippen LogP contribution in [0.3, 0.4) is 0 Å². The van der Waals surface area contributed by atoms with Gasteiger partial charge in [-0.2, -0.15) is 0 Å². The number of aromatic nitrogens is 12. The first-order chi connectivity index (χ1) is 28.9. The van der Waals surface area contributed by atoms with E-state index in [-0.39, 0.29) is 18.7 Å². The average Bonchev–Trinajstić information content (AvgIpc) is 4.22. The molecule has 5 fully saturated rings. The van der Waals surface area contributed by atoms with Crippen LogP contribution in [0.2, 0.25) is 5.28 Å². The van der Waals surface area contributed by atoms with Crippen molar-refractivity contribution in [1.29, 1.82) is 0 Å². The summed E-state index contributed by atoms with van der Waals surface area (Å²) in [7, 11) is 0. The summed E-state index contributed by atoms with van der Waals surface area (Å²) in [6, 6.07) is 0. The van der Waals surface area contributed by atoms with E-state index in [1.54, 1.807) is 24.8 Å². The Kier molecular flexibility index (Phi) is 10.3. The van der Waals surface area contributed by atoms with E-state index in [0.717, 1.165) is 79.2 Å². The van der Waals surface area contributed by atoms with E-state index in [1.807, 2.05) is 9.63 Å². The second-order valence-electron chi connectivity index (χ2n) is 15.1. The van der Waals surface area contributed by atoms with Crippen LogP contribution in [0, 0.1) is 11.8 Å². The van der Waals surface area contributed by atoms with Crippen molar-refractivity contribution in [1.82, 2.24) is 59.0 Å². The van der Waals surface area contributed by atoms with Gasteiger partial charge in [-0.3, -0.25) is 9.13 Å². The lowest BCUT2D eigenvalue weighted by Gasteiger charge is -2.28. The first-order valence-corrected chi connectivity index (χ1v) is 20.3. The van der Waals surface area contributed by atoms with E-state index in [1.165, 1.54) is 25.7 Å². The normalized spacial score (nSPS) is 18.7. The summed E-state index contributed by atoms with van der Waals surface area (Å²) in [5.74, 6) is 5.08. The van der Waals surface area contributed by atoms with Crippen LogP contribution < -0.4 is 26.3 Å². The fraction of sp³-hybridized carbons (Fsp3) is 0.514. The molecular formula is C37H44ClN17O4. The fourth-order valence-corrected chi connectivity index (χ4v) is 7.49. The van der Waals surface area contributed by atoms with Gasteiger partial charge in [0, 0.05) is 64.1 Å². The third-order valence-corrected chi connectivity index (χ3v) is 11.1. The number of ether oxygens (including phenoxy) is 3. The standard InChI is InChI=1S/C20H25N9O3.C17H19ClN8O/c21-19-22-9-14(10-23-19)16-25-17(27-3-6-30-7-4-27)15-18(26-16)28(11-13-1-2-13)20(24-15)29-5-8-31-12-32-29;18-16-22-12-14(25-3-5-27-6-4-25)23-13(11-7-20-17(19)21-8-11)24-15(12)26(16)9-10-1-2-10/h9-10,13H,1-8,11-12H2,(H2,21,22,23);7-8,10H,1-6,9H2,(H2,19,20,21). The molecule has 3 saturated heterocycles. The van der Waals surface area contributed by atoms with Crippen LogP contribution in [0.4, 0.5) is 29.5 Å². The molecule has 0 aromatic carbocycles.